The number of benzene rings is 2. The zero-order chi connectivity index (χ0) is 13.8. The molecule has 3 nitrogen and oxygen atoms in total. The molecule has 5 heteroatoms. The molecule has 1 unspecified atom stereocenters. The van der Waals surface area contributed by atoms with E-state index >= 15 is 0 Å². The van der Waals surface area contributed by atoms with E-state index in [0.717, 1.165) is 14.9 Å². The third-order valence-corrected chi connectivity index (χ3v) is 4.77. The Hall–Kier alpha value is -1.46. The highest BCUT2D eigenvalue weighted by Gasteiger charge is 2.21. The average molecular weight is 338 g/mol. The van der Waals surface area contributed by atoms with Crippen molar-refractivity contribution >= 4 is 39.3 Å². The largest absolute Gasteiger partial charge is 0.480 e. The van der Waals surface area contributed by atoms with Gasteiger partial charge in [0.25, 0.3) is 0 Å². The molecule has 2 rings (SSSR count). The summed E-state index contributed by atoms with van der Waals surface area (Å²) in [4.78, 5) is 12.3. The van der Waals surface area contributed by atoms with Crippen LogP contribution in [0, 0.1) is 0 Å². The summed E-state index contributed by atoms with van der Waals surface area (Å²) in [5.74, 6) is -0.861. The first kappa shape index (κ1) is 14.0. The van der Waals surface area contributed by atoms with Gasteiger partial charge in [-0.15, -0.1) is 11.8 Å². The Morgan fingerprint density at radius 1 is 1.21 bits per heavy atom. The Morgan fingerprint density at radius 2 is 1.89 bits per heavy atom. The minimum atomic E-state index is -0.861. The van der Waals surface area contributed by atoms with Crippen LogP contribution in [0.5, 0.6) is 0 Å². The van der Waals surface area contributed by atoms with Crippen molar-refractivity contribution in [2.45, 2.75) is 10.1 Å². The maximum Gasteiger partial charge on any atom is 0.321 e. The van der Waals surface area contributed by atoms with E-state index < -0.39 is 11.2 Å². The summed E-state index contributed by atoms with van der Waals surface area (Å²) in [5, 5.41) is 8.73. The molecule has 0 saturated carbocycles. The van der Waals surface area contributed by atoms with Crippen LogP contribution in [-0.2, 0) is 4.79 Å². The average Bonchev–Trinajstić information content (AvgIpc) is 2.38. The van der Waals surface area contributed by atoms with Crippen LogP contribution >= 0.6 is 27.7 Å². The van der Waals surface area contributed by atoms with Crippen LogP contribution in [0.4, 0.5) is 5.69 Å². The number of carbonyl (C=O) groups is 1. The van der Waals surface area contributed by atoms with Crippen molar-refractivity contribution < 1.29 is 9.90 Å². The van der Waals surface area contributed by atoms with Gasteiger partial charge in [-0.05, 0) is 39.7 Å². The lowest BCUT2D eigenvalue weighted by molar-refractivity contribution is -0.136. The molecular weight excluding hydrogens is 326 g/mol. The van der Waals surface area contributed by atoms with Crippen LogP contribution in [0.3, 0.4) is 0 Å². The highest BCUT2D eigenvalue weighted by molar-refractivity contribution is 9.10. The fourth-order valence-corrected chi connectivity index (χ4v) is 3.27. The summed E-state index contributed by atoms with van der Waals surface area (Å²) in [6, 6.07) is 14.5. The topological polar surface area (TPSA) is 63.3 Å². The third kappa shape index (κ3) is 3.52. The minimum absolute atomic E-state index is 0.638. The van der Waals surface area contributed by atoms with Crippen molar-refractivity contribution in [3.05, 3.63) is 58.6 Å². The molecule has 2 aromatic carbocycles. The number of nitrogens with two attached hydrogens (primary N) is 1. The number of hydrogen-bond donors (Lipinski definition) is 2. The van der Waals surface area contributed by atoms with Crippen LogP contribution in [0.2, 0.25) is 0 Å². The quantitative estimate of drug-likeness (QED) is 0.654. The second-order valence-electron chi connectivity index (χ2n) is 3.94. The van der Waals surface area contributed by atoms with Gasteiger partial charge in [-0.3, -0.25) is 4.79 Å². The molecule has 0 aliphatic rings. The first-order valence-electron chi connectivity index (χ1n) is 5.57. The second-order valence-corrected chi connectivity index (χ2v) is 5.94. The molecule has 19 heavy (non-hydrogen) atoms. The van der Waals surface area contributed by atoms with E-state index in [-0.39, 0.29) is 0 Å². The van der Waals surface area contributed by atoms with Gasteiger partial charge in [0, 0.05) is 15.1 Å². The van der Waals surface area contributed by atoms with Crippen molar-refractivity contribution in [2.75, 3.05) is 5.73 Å². The molecule has 0 aliphatic heterocycles. The van der Waals surface area contributed by atoms with E-state index in [2.05, 4.69) is 15.9 Å². The maximum absolute atomic E-state index is 11.4. The van der Waals surface area contributed by atoms with Crippen molar-refractivity contribution in [1.82, 2.24) is 0 Å². The summed E-state index contributed by atoms with van der Waals surface area (Å²) in [7, 11) is 0. The normalized spacial score (nSPS) is 12.1. The predicted molar refractivity (Wildman–Crippen MR) is 81.2 cm³/mol. The highest BCUT2D eigenvalue weighted by atomic mass is 79.9. The van der Waals surface area contributed by atoms with E-state index in [9.17, 15) is 9.90 Å². The molecule has 3 N–H and O–H groups in total. The zero-order valence-electron chi connectivity index (χ0n) is 9.92. The van der Waals surface area contributed by atoms with E-state index in [1.54, 1.807) is 12.1 Å². The van der Waals surface area contributed by atoms with Gasteiger partial charge in [0.05, 0.1) is 0 Å². The molecule has 0 saturated heterocycles. The standard InChI is InChI=1S/C14H12BrNO2S/c15-11-8-10(16)6-7-12(11)19-13(14(17)18)9-4-2-1-3-5-9/h1-8,13H,16H2,(H,17,18). The van der Waals surface area contributed by atoms with Crippen molar-refractivity contribution in [2.24, 2.45) is 0 Å². The molecule has 0 spiro atoms. The molecule has 0 amide bonds. The number of anilines is 1. The monoisotopic (exact) mass is 337 g/mol. The van der Waals surface area contributed by atoms with Gasteiger partial charge < -0.3 is 10.8 Å². The molecule has 2 aromatic rings. The SMILES string of the molecule is Nc1ccc(SC(C(=O)O)c2ccccc2)c(Br)c1. The van der Waals surface area contributed by atoms with Crippen LogP contribution in [0.1, 0.15) is 10.8 Å². The smallest absolute Gasteiger partial charge is 0.321 e. The first-order valence-corrected chi connectivity index (χ1v) is 7.24. The van der Waals surface area contributed by atoms with E-state index in [0.29, 0.717) is 5.69 Å². The molecular formula is C14H12BrNO2S. The molecule has 1 atom stereocenters. The fourth-order valence-electron chi connectivity index (χ4n) is 1.63. The van der Waals surface area contributed by atoms with Gasteiger partial charge in [0.2, 0.25) is 0 Å². The van der Waals surface area contributed by atoms with Crippen molar-refractivity contribution in [1.29, 1.82) is 0 Å². The molecule has 0 aliphatic carbocycles. The van der Waals surface area contributed by atoms with Crippen LogP contribution in [-0.4, -0.2) is 11.1 Å². The lowest BCUT2D eigenvalue weighted by Crippen LogP contribution is -2.07. The highest BCUT2D eigenvalue weighted by Crippen LogP contribution is 2.39. The summed E-state index contributed by atoms with van der Waals surface area (Å²) in [6.07, 6.45) is 0. The predicted octanol–water partition coefficient (Wildman–Crippen LogP) is 3.95. The Bertz CT molecular complexity index is 589. The third-order valence-electron chi connectivity index (χ3n) is 2.53. The van der Waals surface area contributed by atoms with Crippen molar-refractivity contribution in [3.63, 3.8) is 0 Å². The first-order chi connectivity index (χ1) is 9.08. The lowest BCUT2D eigenvalue weighted by atomic mass is 10.1. The van der Waals surface area contributed by atoms with Gasteiger partial charge in [0.1, 0.15) is 5.25 Å². The summed E-state index contributed by atoms with van der Waals surface area (Å²) in [5.41, 5.74) is 7.08. The molecule has 0 radical (unpaired) electrons. The molecule has 98 valence electrons. The summed E-state index contributed by atoms with van der Waals surface area (Å²) >= 11 is 4.69. The Balaban J connectivity index is 2.29. The Kier molecular flexibility index (Phi) is 4.50. The number of carboxylic acids is 1. The number of thioether (sulfide) groups is 1. The van der Waals surface area contributed by atoms with Gasteiger partial charge in [-0.2, -0.15) is 0 Å². The number of rotatable bonds is 4. The second kappa shape index (κ2) is 6.12. The minimum Gasteiger partial charge on any atom is -0.480 e. The van der Waals surface area contributed by atoms with E-state index in [1.807, 2.05) is 36.4 Å². The molecule has 0 aromatic heterocycles. The van der Waals surface area contributed by atoms with Crippen LogP contribution in [0.25, 0.3) is 0 Å². The number of halogens is 1. The van der Waals surface area contributed by atoms with E-state index in [1.165, 1.54) is 11.8 Å². The Labute approximate surface area is 124 Å². The van der Waals surface area contributed by atoms with Gasteiger partial charge in [0.15, 0.2) is 0 Å². The number of nitrogen functional groups attached to an aromatic ring is 1. The van der Waals surface area contributed by atoms with Crippen LogP contribution < -0.4 is 5.73 Å². The zero-order valence-corrected chi connectivity index (χ0v) is 12.3. The molecule has 0 fully saturated rings. The molecule has 0 heterocycles. The summed E-state index contributed by atoms with van der Waals surface area (Å²) < 4.78 is 0.805. The van der Waals surface area contributed by atoms with Gasteiger partial charge in [-0.1, -0.05) is 30.3 Å². The fraction of sp³-hybridized carbons (Fsp3) is 0.0714. The Morgan fingerprint density at radius 3 is 2.47 bits per heavy atom. The van der Waals surface area contributed by atoms with Gasteiger partial charge >= 0.3 is 5.97 Å². The van der Waals surface area contributed by atoms with Gasteiger partial charge in [-0.25, -0.2) is 0 Å². The molecule has 0 bridgehead atoms. The number of carboxylic acid groups (broad SMARTS) is 1. The van der Waals surface area contributed by atoms with E-state index in [4.69, 9.17) is 5.73 Å². The lowest BCUT2D eigenvalue weighted by Gasteiger charge is -2.13. The van der Waals surface area contributed by atoms with Crippen molar-refractivity contribution in [3.8, 4) is 0 Å². The number of aliphatic carboxylic acids is 1. The maximum atomic E-state index is 11.4. The summed E-state index contributed by atoms with van der Waals surface area (Å²) in [6.45, 7) is 0. The van der Waals surface area contributed by atoms with Crippen LogP contribution in [0.15, 0.2) is 57.9 Å². The number of hydrogen-bond acceptors (Lipinski definition) is 3.